The van der Waals surface area contributed by atoms with Gasteiger partial charge in [-0.25, -0.2) is 0 Å². The summed E-state index contributed by atoms with van der Waals surface area (Å²) in [4.78, 5) is 0. The Labute approximate surface area is 244 Å². The molecule has 0 bridgehead atoms. The summed E-state index contributed by atoms with van der Waals surface area (Å²) in [5.41, 5.74) is 10.3. The quantitative estimate of drug-likeness (QED) is 0.216. The van der Waals surface area contributed by atoms with E-state index in [2.05, 4.69) is 138 Å². The Morgan fingerprint density at radius 3 is 1.71 bits per heavy atom. The summed E-state index contributed by atoms with van der Waals surface area (Å²) < 4.78 is 15.4. The van der Waals surface area contributed by atoms with Crippen LogP contribution >= 0.6 is 0 Å². The average molecular weight is 537 g/mol. The minimum Gasteiger partial charge on any atom is -0.458 e. The van der Waals surface area contributed by atoms with Crippen molar-refractivity contribution < 1.29 is 9.47 Å². The van der Waals surface area contributed by atoms with Crippen molar-refractivity contribution in [2.45, 2.75) is 0 Å². The molecular weight excluding hydrogens is 513 g/mol. The first kappa shape index (κ1) is 23.3. The van der Waals surface area contributed by atoms with Gasteiger partial charge < -0.3 is 14.0 Å². The number of fused-ring (bicyclic) bond motifs is 5. The van der Waals surface area contributed by atoms with E-state index in [-0.39, 0.29) is 6.71 Å². The van der Waals surface area contributed by atoms with Gasteiger partial charge in [-0.1, -0.05) is 91.0 Å². The van der Waals surface area contributed by atoms with E-state index in [0.29, 0.717) is 0 Å². The lowest BCUT2D eigenvalue weighted by Crippen LogP contribution is -2.57. The molecule has 0 aliphatic carbocycles. The molecule has 3 nitrogen and oxygen atoms in total. The Bertz CT molecular complexity index is 2080. The van der Waals surface area contributed by atoms with Gasteiger partial charge in [0.05, 0.1) is 11.2 Å². The van der Waals surface area contributed by atoms with E-state index >= 15 is 0 Å². The number of hydrogen-bond donors (Lipinski definition) is 0. The molecular formula is C38H24BNO2. The van der Waals surface area contributed by atoms with Crippen molar-refractivity contribution >= 4 is 34.0 Å². The first-order chi connectivity index (χ1) is 20.8. The predicted octanol–water partition coefficient (Wildman–Crippen LogP) is 7.69. The maximum Gasteiger partial charge on any atom is 0.260 e. The zero-order valence-electron chi connectivity index (χ0n) is 22.7. The van der Waals surface area contributed by atoms with Crippen LogP contribution in [0.2, 0.25) is 0 Å². The van der Waals surface area contributed by atoms with Gasteiger partial charge in [0.2, 0.25) is 0 Å². The van der Waals surface area contributed by atoms with E-state index in [1.165, 1.54) is 27.4 Å². The monoisotopic (exact) mass is 537 g/mol. The fourth-order valence-corrected chi connectivity index (χ4v) is 6.63. The summed E-state index contributed by atoms with van der Waals surface area (Å²) in [6, 6.07) is 51.2. The smallest absolute Gasteiger partial charge is 0.260 e. The number of ether oxygens (including phenoxy) is 2. The van der Waals surface area contributed by atoms with Crippen LogP contribution in [-0.2, 0) is 0 Å². The summed E-state index contributed by atoms with van der Waals surface area (Å²) in [5.74, 6) is 3.51. The number of aromatic nitrogens is 1. The highest BCUT2D eigenvalue weighted by Gasteiger charge is 2.40. The van der Waals surface area contributed by atoms with Crippen molar-refractivity contribution in [2.75, 3.05) is 0 Å². The minimum atomic E-state index is 0.0785. The molecule has 3 heterocycles. The van der Waals surface area contributed by atoms with Crippen LogP contribution in [0, 0.1) is 0 Å². The topological polar surface area (TPSA) is 23.4 Å². The van der Waals surface area contributed by atoms with Gasteiger partial charge in [0, 0.05) is 16.5 Å². The molecule has 1 aromatic heterocycles. The highest BCUT2D eigenvalue weighted by atomic mass is 16.5. The van der Waals surface area contributed by atoms with Gasteiger partial charge in [-0.15, -0.1) is 0 Å². The second kappa shape index (κ2) is 9.02. The zero-order chi connectivity index (χ0) is 27.6. The van der Waals surface area contributed by atoms with E-state index in [1.54, 1.807) is 0 Å². The molecule has 9 rings (SSSR count). The average Bonchev–Trinajstić information content (AvgIpc) is 3.44. The van der Waals surface area contributed by atoms with Crippen molar-refractivity contribution in [2.24, 2.45) is 0 Å². The maximum atomic E-state index is 6.54. The van der Waals surface area contributed by atoms with Crippen LogP contribution in [0.15, 0.2) is 146 Å². The molecule has 6 aromatic carbocycles. The van der Waals surface area contributed by atoms with Crippen molar-refractivity contribution in [1.82, 2.24) is 4.57 Å². The van der Waals surface area contributed by atoms with Gasteiger partial charge in [-0.05, 0) is 82.2 Å². The van der Waals surface area contributed by atoms with Crippen LogP contribution in [0.3, 0.4) is 0 Å². The highest BCUT2D eigenvalue weighted by molar-refractivity contribution is 6.98. The minimum absolute atomic E-state index is 0.0785. The van der Waals surface area contributed by atoms with Gasteiger partial charge in [-0.2, -0.15) is 0 Å². The zero-order valence-corrected chi connectivity index (χ0v) is 22.7. The Morgan fingerprint density at radius 1 is 0.452 bits per heavy atom. The molecule has 4 heteroatoms. The fourth-order valence-electron chi connectivity index (χ4n) is 6.63. The summed E-state index contributed by atoms with van der Waals surface area (Å²) in [7, 11) is 0. The summed E-state index contributed by atoms with van der Waals surface area (Å²) in [5, 5.41) is 1.18. The van der Waals surface area contributed by atoms with E-state index in [1.807, 2.05) is 12.1 Å². The standard InChI is InChI=1S/C38H24BNO2/c1-3-11-25(12-4-1)33-22-28-21-26(19-20-32(28)40(33)29-13-5-2-6-14-29)27-23-36-38-37(24-27)42-35-18-10-8-16-31(35)39(38)30-15-7-9-17-34(30)41-36/h1-24H. The van der Waals surface area contributed by atoms with Crippen LogP contribution in [0.1, 0.15) is 0 Å². The second-order valence-corrected chi connectivity index (χ2v) is 10.9. The van der Waals surface area contributed by atoms with Gasteiger partial charge in [0.15, 0.2) is 0 Å². The number of nitrogens with zero attached hydrogens (tertiary/aromatic N) is 1. The first-order valence-electron chi connectivity index (χ1n) is 14.3. The number of para-hydroxylation sites is 3. The molecule has 0 amide bonds. The van der Waals surface area contributed by atoms with Crippen molar-refractivity contribution in [3.05, 3.63) is 146 Å². The van der Waals surface area contributed by atoms with E-state index in [9.17, 15) is 0 Å². The summed E-state index contributed by atoms with van der Waals surface area (Å²) >= 11 is 0. The van der Waals surface area contributed by atoms with Gasteiger partial charge in [0.25, 0.3) is 6.71 Å². The first-order valence-corrected chi connectivity index (χ1v) is 14.3. The Kier molecular flexibility index (Phi) is 4.99. The van der Waals surface area contributed by atoms with Crippen LogP contribution in [0.25, 0.3) is 39.0 Å². The molecule has 42 heavy (non-hydrogen) atoms. The molecule has 0 unspecified atom stereocenters. The third-order valence-electron chi connectivity index (χ3n) is 8.51. The molecule has 7 aromatic rings. The second-order valence-electron chi connectivity index (χ2n) is 10.9. The third-order valence-corrected chi connectivity index (χ3v) is 8.51. The van der Waals surface area contributed by atoms with Crippen LogP contribution < -0.4 is 25.9 Å². The Hall–Kier alpha value is -5.48. The largest absolute Gasteiger partial charge is 0.458 e. The summed E-state index contributed by atoms with van der Waals surface area (Å²) in [6.07, 6.45) is 0. The molecule has 196 valence electrons. The molecule has 2 aliphatic heterocycles. The van der Waals surface area contributed by atoms with Gasteiger partial charge >= 0.3 is 0 Å². The third kappa shape index (κ3) is 3.48. The lowest BCUT2D eigenvalue weighted by molar-refractivity contribution is 0.465. The van der Waals surface area contributed by atoms with Gasteiger partial charge in [-0.3, -0.25) is 0 Å². The van der Waals surface area contributed by atoms with E-state index in [0.717, 1.165) is 51.0 Å². The normalized spacial score (nSPS) is 12.6. The van der Waals surface area contributed by atoms with Crippen LogP contribution in [-0.4, -0.2) is 11.3 Å². The van der Waals surface area contributed by atoms with Crippen molar-refractivity contribution in [3.63, 3.8) is 0 Å². The SMILES string of the molecule is c1ccc(-c2cc3cc(-c4cc5c6c(c4)Oc4ccccc4B6c4ccccc4O5)ccc3n2-c2ccccc2)cc1. The molecule has 0 radical (unpaired) electrons. The van der Waals surface area contributed by atoms with E-state index in [4.69, 9.17) is 9.47 Å². The van der Waals surface area contributed by atoms with Gasteiger partial charge in [0.1, 0.15) is 23.0 Å². The molecule has 2 aliphatic rings. The lowest BCUT2D eigenvalue weighted by Gasteiger charge is -2.33. The molecule has 0 fully saturated rings. The van der Waals surface area contributed by atoms with Crippen LogP contribution in [0.4, 0.5) is 0 Å². The highest BCUT2D eigenvalue weighted by Crippen LogP contribution is 2.40. The molecule has 0 saturated heterocycles. The Morgan fingerprint density at radius 2 is 1.05 bits per heavy atom. The molecule has 0 saturated carbocycles. The predicted molar refractivity (Wildman–Crippen MR) is 172 cm³/mol. The number of rotatable bonds is 3. The van der Waals surface area contributed by atoms with Crippen molar-refractivity contribution in [1.29, 1.82) is 0 Å². The molecule has 0 spiro atoms. The summed E-state index contributed by atoms with van der Waals surface area (Å²) in [6.45, 7) is 0.0785. The maximum absolute atomic E-state index is 6.54. The Balaban J connectivity index is 1.23. The molecule has 0 N–H and O–H groups in total. The van der Waals surface area contributed by atoms with E-state index < -0.39 is 0 Å². The fraction of sp³-hybridized carbons (Fsp3) is 0. The number of benzene rings is 6. The molecule has 0 atom stereocenters. The number of hydrogen-bond acceptors (Lipinski definition) is 2. The lowest BCUT2D eigenvalue weighted by atomic mass is 9.35. The van der Waals surface area contributed by atoms with Crippen molar-refractivity contribution in [3.8, 4) is 51.1 Å². The van der Waals surface area contributed by atoms with Crippen LogP contribution in [0.5, 0.6) is 23.0 Å².